The van der Waals surface area contributed by atoms with Crippen molar-refractivity contribution >= 4 is 27.3 Å². The number of sulfonamides is 1. The van der Waals surface area contributed by atoms with Crippen molar-refractivity contribution in [3.8, 4) is 0 Å². The van der Waals surface area contributed by atoms with E-state index in [2.05, 4.69) is 9.98 Å². The Morgan fingerprint density at radius 1 is 1.29 bits per heavy atom. The number of aliphatic imine (C=N–C) groups is 2. The minimum Gasteiger partial charge on any atom is -0.324 e. The molecule has 1 aromatic carbocycles. The fourth-order valence-corrected chi connectivity index (χ4v) is 3.10. The molecule has 1 heterocycles. The fourth-order valence-electron chi connectivity index (χ4n) is 2.58. The summed E-state index contributed by atoms with van der Waals surface area (Å²) in [5.74, 6) is 0.181. The largest absolute Gasteiger partial charge is 0.412 e. The summed E-state index contributed by atoms with van der Waals surface area (Å²) in [6, 6.07) is 3.49. The maximum absolute atomic E-state index is 13.3. The average Bonchev–Trinajstić information content (AvgIpc) is 3.07. The number of primary sulfonamides is 1. The third kappa shape index (κ3) is 5.20. The minimum atomic E-state index is -4.48. The Balaban J connectivity index is 2.48. The third-order valence-corrected chi connectivity index (χ3v) is 5.29. The van der Waals surface area contributed by atoms with Crippen molar-refractivity contribution in [1.82, 2.24) is 0 Å². The molecule has 0 fully saturated rings. The zero-order chi connectivity index (χ0) is 21.1. The molecule has 1 aliphatic rings. The van der Waals surface area contributed by atoms with Gasteiger partial charge in [0, 0.05) is 23.2 Å². The highest BCUT2D eigenvalue weighted by atomic mass is 32.2. The number of rotatable bonds is 6. The van der Waals surface area contributed by atoms with Crippen LogP contribution in [0, 0.1) is 0 Å². The Labute approximate surface area is 162 Å². The first-order valence-electron chi connectivity index (χ1n) is 8.75. The van der Waals surface area contributed by atoms with E-state index in [9.17, 15) is 21.6 Å². The summed E-state index contributed by atoms with van der Waals surface area (Å²) in [6.45, 7) is 5.20. The van der Waals surface area contributed by atoms with E-state index in [1.807, 2.05) is 20.8 Å². The molecule has 2 N–H and O–H groups in total. The lowest BCUT2D eigenvalue weighted by Crippen LogP contribution is -2.35. The number of hydrogen-bond acceptors (Lipinski definition) is 5. The molecular weight excluding hydrogens is 393 g/mol. The van der Waals surface area contributed by atoms with Gasteiger partial charge >= 0.3 is 6.18 Å². The van der Waals surface area contributed by atoms with E-state index in [-0.39, 0.29) is 17.3 Å². The third-order valence-electron chi connectivity index (χ3n) is 4.36. The van der Waals surface area contributed by atoms with Gasteiger partial charge in [-0.1, -0.05) is 13.8 Å². The molecule has 0 spiro atoms. The van der Waals surface area contributed by atoms with Gasteiger partial charge in [0.05, 0.1) is 11.4 Å². The van der Waals surface area contributed by atoms with Gasteiger partial charge in [-0.15, -0.1) is 0 Å². The SMILES string of the molecule is CCC(C)=N/C=C(\CC)C1=NC(C(F)(F)F)CN1c1ccc(S(N)(=O)=O)cc1. The van der Waals surface area contributed by atoms with Crippen molar-refractivity contribution in [3.63, 3.8) is 0 Å². The summed E-state index contributed by atoms with van der Waals surface area (Å²) in [5.41, 5.74) is 1.81. The normalized spacial score (nSPS) is 19.2. The molecule has 0 saturated carbocycles. The van der Waals surface area contributed by atoms with Crippen LogP contribution in [-0.2, 0) is 10.0 Å². The Morgan fingerprint density at radius 2 is 1.89 bits per heavy atom. The summed E-state index contributed by atoms with van der Waals surface area (Å²) in [4.78, 5) is 9.50. The number of alkyl halides is 3. The Morgan fingerprint density at radius 3 is 2.36 bits per heavy atom. The van der Waals surface area contributed by atoms with Crippen molar-refractivity contribution < 1.29 is 21.6 Å². The number of nitrogens with two attached hydrogens (primary N) is 1. The van der Waals surface area contributed by atoms with Crippen LogP contribution in [0.4, 0.5) is 18.9 Å². The Kier molecular flexibility index (Phi) is 6.66. The second-order valence-electron chi connectivity index (χ2n) is 6.39. The van der Waals surface area contributed by atoms with E-state index in [0.29, 0.717) is 17.7 Å². The first kappa shape index (κ1) is 22.1. The van der Waals surface area contributed by atoms with Crippen LogP contribution in [0.3, 0.4) is 0 Å². The summed E-state index contributed by atoms with van der Waals surface area (Å²) < 4.78 is 62.7. The van der Waals surface area contributed by atoms with E-state index < -0.39 is 22.2 Å². The molecule has 0 aliphatic carbocycles. The minimum absolute atomic E-state index is 0.115. The number of halogens is 3. The molecule has 28 heavy (non-hydrogen) atoms. The zero-order valence-corrected chi connectivity index (χ0v) is 16.7. The van der Waals surface area contributed by atoms with E-state index in [1.165, 1.54) is 29.2 Å². The molecule has 6 nitrogen and oxygen atoms in total. The predicted octanol–water partition coefficient (Wildman–Crippen LogP) is 3.65. The van der Waals surface area contributed by atoms with E-state index in [1.54, 1.807) is 6.20 Å². The van der Waals surface area contributed by atoms with E-state index >= 15 is 0 Å². The number of hydrogen-bond donors (Lipinski definition) is 1. The first-order valence-corrected chi connectivity index (χ1v) is 10.3. The molecule has 0 aromatic heterocycles. The van der Waals surface area contributed by atoms with Gasteiger partial charge in [-0.05, 0) is 44.0 Å². The van der Waals surface area contributed by atoms with Gasteiger partial charge in [-0.25, -0.2) is 13.6 Å². The number of amidine groups is 1. The van der Waals surface area contributed by atoms with Gasteiger partial charge in [-0.3, -0.25) is 9.98 Å². The lowest BCUT2D eigenvalue weighted by atomic mass is 10.1. The second kappa shape index (κ2) is 8.44. The number of anilines is 1. The molecule has 10 heteroatoms. The van der Waals surface area contributed by atoms with Crippen LogP contribution in [0.25, 0.3) is 0 Å². The molecule has 0 radical (unpaired) electrons. The molecule has 1 aromatic rings. The molecule has 1 aliphatic heterocycles. The molecule has 1 atom stereocenters. The van der Waals surface area contributed by atoms with Crippen molar-refractivity contribution in [2.45, 2.75) is 50.7 Å². The lowest BCUT2D eigenvalue weighted by Gasteiger charge is -2.23. The molecule has 2 rings (SSSR count). The van der Waals surface area contributed by atoms with Gasteiger partial charge in [-0.2, -0.15) is 13.2 Å². The van der Waals surface area contributed by atoms with Crippen LogP contribution in [0.2, 0.25) is 0 Å². The molecule has 0 bridgehead atoms. The van der Waals surface area contributed by atoms with Crippen LogP contribution in [-0.4, -0.2) is 38.7 Å². The number of benzene rings is 1. The number of nitrogens with zero attached hydrogens (tertiary/aromatic N) is 3. The van der Waals surface area contributed by atoms with Crippen molar-refractivity contribution in [2.75, 3.05) is 11.4 Å². The lowest BCUT2D eigenvalue weighted by molar-refractivity contribution is -0.142. The summed E-state index contributed by atoms with van der Waals surface area (Å²) in [7, 11) is -3.89. The molecule has 154 valence electrons. The summed E-state index contributed by atoms with van der Waals surface area (Å²) in [6.07, 6.45) is -1.77. The van der Waals surface area contributed by atoms with Crippen LogP contribution in [0.5, 0.6) is 0 Å². The topological polar surface area (TPSA) is 88.1 Å². The van der Waals surface area contributed by atoms with E-state index in [4.69, 9.17) is 5.14 Å². The highest BCUT2D eigenvalue weighted by Crippen LogP contribution is 2.32. The van der Waals surface area contributed by atoms with Crippen molar-refractivity contribution in [2.24, 2.45) is 15.1 Å². The van der Waals surface area contributed by atoms with Gasteiger partial charge in [0.2, 0.25) is 10.0 Å². The average molecular weight is 416 g/mol. The summed E-state index contributed by atoms with van der Waals surface area (Å²) in [5, 5.41) is 5.08. The maximum Gasteiger partial charge on any atom is 0.412 e. The first-order chi connectivity index (χ1) is 13.0. The van der Waals surface area contributed by atoms with Gasteiger partial charge in [0.25, 0.3) is 0 Å². The smallest absolute Gasteiger partial charge is 0.324 e. The quantitative estimate of drug-likeness (QED) is 0.718. The van der Waals surface area contributed by atoms with Crippen LogP contribution >= 0.6 is 0 Å². The second-order valence-corrected chi connectivity index (χ2v) is 7.95. The van der Waals surface area contributed by atoms with E-state index in [0.717, 1.165) is 12.1 Å². The highest BCUT2D eigenvalue weighted by molar-refractivity contribution is 7.89. The van der Waals surface area contributed by atoms with Crippen molar-refractivity contribution in [1.29, 1.82) is 0 Å². The summed E-state index contributed by atoms with van der Waals surface area (Å²) >= 11 is 0. The predicted molar refractivity (Wildman–Crippen MR) is 104 cm³/mol. The van der Waals surface area contributed by atoms with Crippen molar-refractivity contribution in [3.05, 3.63) is 36.0 Å². The fraction of sp³-hybridized carbons (Fsp3) is 0.444. The van der Waals surface area contributed by atoms with Crippen LogP contribution in [0.15, 0.2) is 50.9 Å². The van der Waals surface area contributed by atoms with Crippen LogP contribution in [0.1, 0.15) is 33.6 Å². The monoisotopic (exact) mass is 416 g/mol. The Hall–Kier alpha value is -2.20. The van der Waals surface area contributed by atoms with Gasteiger partial charge in [0.15, 0.2) is 6.04 Å². The molecule has 1 unspecified atom stereocenters. The van der Waals surface area contributed by atoms with Gasteiger partial charge in [0.1, 0.15) is 5.84 Å². The highest BCUT2D eigenvalue weighted by Gasteiger charge is 2.45. The maximum atomic E-state index is 13.3. The zero-order valence-electron chi connectivity index (χ0n) is 15.9. The molecule has 0 amide bonds. The van der Waals surface area contributed by atoms with Gasteiger partial charge < -0.3 is 4.90 Å². The Bertz CT molecular complexity index is 904. The molecule has 0 saturated heterocycles. The standard InChI is InChI=1S/C18H23F3N4O2S/c1-4-12(3)23-10-13(5-2)17-24-16(18(19,20)21)11-25(17)14-6-8-15(9-7-14)28(22,26)27/h6-10,16H,4-5,11H2,1-3H3,(H2,22,26,27)/b13-10+,23-12?. The molecular formula is C18H23F3N4O2S. The van der Waals surface area contributed by atoms with Crippen LogP contribution < -0.4 is 10.0 Å².